The van der Waals surface area contributed by atoms with Gasteiger partial charge in [0.2, 0.25) is 0 Å². The van der Waals surface area contributed by atoms with Gasteiger partial charge < -0.3 is 10.1 Å². The lowest BCUT2D eigenvalue weighted by Crippen LogP contribution is -2.33. The van der Waals surface area contributed by atoms with Gasteiger partial charge >= 0.3 is 0 Å². The standard InChI is InChI=1S/C17H23ClN2O/c1-11(20(2)3)14-10-17(8-4-5-16(17)19-21)15-7-6-12(18)9-13(14)15/h6-7,9,11,14,21H,4-5,8,10H2,1-3H3/b19-16-/t11?,14-,17?/m0/s1. The Labute approximate surface area is 131 Å². The van der Waals surface area contributed by atoms with Gasteiger partial charge in [-0.25, -0.2) is 0 Å². The maximum absolute atomic E-state index is 9.46. The van der Waals surface area contributed by atoms with Crippen molar-refractivity contribution in [3.8, 4) is 0 Å². The van der Waals surface area contributed by atoms with Crippen LogP contribution < -0.4 is 0 Å². The van der Waals surface area contributed by atoms with Crippen molar-refractivity contribution in [2.24, 2.45) is 5.16 Å². The van der Waals surface area contributed by atoms with Gasteiger partial charge in [-0.1, -0.05) is 22.8 Å². The number of halogens is 1. The molecule has 1 aromatic carbocycles. The maximum Gasteiger partial charge on any atom is 0.0676 e. The smallest absolute Gasteiger partial charge is 0.0676 e. The second-order valence-corrected chi connectivity index (χ2v) is 7.17. The second-order valence-electron chi connectivity index (χ2n) is 6.73. The number of rotatable bonds is 2. The van der Waals surface area contributed by atoms with Gasteiger partial charge in [0.15, 0.2) is 0 Å². The first-order valence-electron chi connectivity index (χ1n) is 7.67. The Morgan fingerprint density at radius 3 is 2.86 bits per heavy atom. The third-order valence-corrected chi connectivity index (χ3v) is 5.82. The van der Waals surface area contributed by atoms with Gasteiger partial charge in [0, 0.05) is 22.4 Å². The lowest BCUT2D eigenvalue weighted by atomic mass is 9.78. The summed E-state index contributed by atoms with van der Waals surface area (Å²) >= 11 is 6.25. The molecule has 0 saturated heterocycles. The van der Waals surface area contributed by atoms with Crippen molar-refractivity contribution in [2.75, 3.05) is 14.1 Å². The topological polar surface area (TPSA) is 35.8 Å². The Balaban J connectivity index is 2.13. The van der Waals surface area contributed by atoms with E-state index in [2.05, 4.69) is 43.2 Å². The average Bonchev–Trinajstić information content (AvgIpc) is 3.00. The highest BCUT2D eigenvalue weighted by molar-refractivity contribution is 6.30. The summed E-state index contributed by atoms with van der Waals surface area (Å²) in [6.07, 6.45) is 4.12. The fourth-order valence-electron chi connectivity index (χ4n) is 4.26. The molecule has 2 unspecified atom stereocenters. The number of hydrogen-bond donors (Lipinski definition) is 1. The monoisotopic (exact) mass is 306 g/mol. The SMILES string of the molecule is CC([C@@H]1CC2(CCC/C2=N/O)c2ccc(Cl)cc21)N(C)C. The fraction of sp³-hybridized carbons (Fsp3) is 0.588. The molecule has 1 spiro atoms. The summed E-state index contributed by atoms with van der Waals surface area (Å²) in [4.78, 5) is 2.26. The van der Waals surface area contributed by atoms with E-state index in [0.29, 0.717) is 12.0 Å². The minimum absolute atomic E-state index is 0.0659. The van der Waals surface area contributed by atoms with Crippen LogP contribution in [-0.4, -0.2) is 36.0 Å². The van der Waals surface area contributed by atoms with Crippen molar-refractivity contribution in [1.29, 1.82) is 0 Å². The normalized spacial score (nSPS) is 31.3. The number of benzene rings is 1. The van der Waals surface area contributed by atoms with Crippen LogP contribution in [0.3, 0.4) is 0 Å². The highest BCUT2D eigenvalue weighted by Gasteiger charge is 2.51. The average molecular weight is 307 g/mol. The Bertz CT molecular complexity index is 584. The molecule has 1 aromatic rings. The van der Waals surface area contributed by atoms with E-state index in [4.69, 9.17) is 11.6 Å². The summed E-state index contributed by atoms with van der Waals surface area (Å²) < 4.78 is 0. The zero-order valence-electron chi connectivity index (χ0n) is 12.9. The van der Waals surface area contributed by atoms with Crippen LogP contribution in [0.25, 0.3) is 0 Å². The number of fused-ring (bicyclic) bond motifs is 2. The highest BCUT2D eigenvalue weighted by Crippen LogP contribution is 2.55. The Hall–Kier alpha value is -1.06. The Kier molecular flexibility index (Phi) is 3.74. The zero-order chi connectivity index (χ0) is 15.2. The predicted molar refractivity (Wildman–Crippen MR) is 86.7 cm³/mol. The van der Waals surface area contributed by atoms with Crippen LogP contribution in [0.2, 0.25) is 5.02 Å². The first-order chi connectivity index (χ1) is 9.99. The van der Waals surface area contributed by atoms with E-state index in [1.165, 1.54) is 11.1 Å². The molecule has 4 heteroatoms. The molecule has 0 aromatic heterocycles. The minimum Gasteiger partial charge on any atom is -0.411 e. The molecule has 114 valence electrons. The summed E-state index contributed by atoms with van der Waals surface area (Å²) in [7, 11) is 4.24. The molecule has 3 atom stereocenters. The van der Waals surface area contributed by atoms with E-state index < -0.39 is 0 Å². The summed E-state index contributed by atoms with van der Waals surface area (Å²) in [6, 6.07) is 6.67. The van der Waals surface area contributed by atoms with Crippen LogP contribution in [0, 0.1) is 0 Å². The lowest BCUT2D eigenvalue weighted by Gasteiger charge is -2.29. The van der Waals surface area contributed by atoms with E-state index in [9.17, 15) is 5.21 Å². The quantitative estimate of drug-likeness (QED) is 0.661. The Morgan fingerprint density at radius 2 is 2.19 bits per heavy atom. The number of oxime groups is 1. The maximum atomic E-state index is 9.46. The van der Waals surface area contributed by atoms with Crippen molar-refractivity contribution in [3.05, 3.63) is 34.3 Å². The molecule has 1 N–H and O–H groups in total. The van der Waals surface area contributed by atoms with Crippen LogP contribution in [0.4, 0.5) is 0 Å². The van der Waals surface area contributed by atoms with Crippen LogP contribution in [0.15, 0.2) is 23.4 Å². The fourth-order valence-corrected chi connectivity index (χ4v) is 4.44. The minimum atomic E-state index is -0.0659. The third-order valence-electron chi connectivity index (χ3n) is 5.58. The van der Waals surface area contributed by atoms with Gasteiger partial charge in [0.25, 0.3) is 0 Å². The van der Waals surface area contributed by atoms with Gasteiger partial charge in [-0.05, 0) is 70.0 Å². The predicted octanol–water partition coefficient (Wildman–Crippen LogP) is 4.03. The van der Waals surface area contributed by atoms with E-state index >= 15 is 0 Å². The summed E-state index contributed by atoms with van der Waals surface area (Å²) in [5, 5.41) is 13.9. The molecule has 2 aliphatic rings. The van der Waals surface area contributed by atoms with Crippen LogP contribution >= 0.6 is 11.6 Å². The zero-order valence-corrected chi connectivity index (χ0v) is 13.7. The van der Waals surface area contributed by atoms with E-state index in [0.717, 1.165) is 36.4 Å². The molecular weight excluding hydrogens is 284 g/mol. The highest BCUT2D eigenvalue weighted by atomic mass is 35.5. The van der Waals surface area contributed by atoms with Gasteiger partial charge in [-0.2, -0.15) is 0 Å². The molecule has 21 heavy (non-hydrogen) atoms. The van der Waals surface area contributed by atoms with Crippen molar-refractivity contribution >= 4 is 17.3 Å². The molecule has 1 fully saturated rings. The van der Waals surface area contributed by atoms with Gasteiger partial charge in [-0.3, -0.25) is 0 Å². The van der Waals surface area contributed by atoms with Crippen LogP contribution in [0.5, 0.6) is 0 Å². The second kappa shape index (κ2) is 5.29. The van der Waals surface area contributed by atoms with Crippen molar-refractivity contribution in [1.82, 2.24) is 4.90 Å². The Morgan fingerprint density at radius 1 is 1.43 bits per heavy atom. The van der Waals surface area contributed by atoms with Gasteiger partial charge in [0.1, 0.15) is 0 Å². The summed E-state index contributed by atoms with van der Waals surface area (Å²) in [5.41, 5.74) is 3.56. The van der Waals surface area contributed by atoms with E-state index in [1.807, 2.05) is 6.07 Å². The molecular formula is C17H23ClN2O. The molecule has 1 saturated carbocycles. The van der Waals surface area contributed by atoms with E-state index in [1.54, 1.807) is 0 Å². The van der Waals surface area contributed by atoms with Crippen LogP contribution in [0.1, 0.15) is 49.7 Å². The lowest BCUT2D eigenvalue weighted by molar-refractivity contribution is 0.259. The third kappa shape index (κ3) is 2.18. The number of hydrogen-bond acceptors (Lipinski definition) is 3. The van der Waals surface area contributed by atoms with Crippen molar-refractivity contribution in [3.63, 3.8) is 0 Å². The molecule has 0 aliphatic heterocycles. The van der Waals surface area contributed by atoms with Gasteiger partial charge in [-0.15, -0.1) is 0 Å². The molecule has 0 amide bonds. The molecule has 2 aliphatic carbocycles. The first-order valence-corrected chi connectivity index (χ1v) is 8.05. The van der Waals surface area contributed by atoms with Crippen LogP contribution in [-0.2, 0) is 5.41 Å². The number of nitrogens with zero attached hydrogens (tertiary/aromatic N) is 2. The molecule has 3 nitrogen and oxygen atoms in total. The van der Waals surface area contributed by atoms with Crippen molar-refractivity contribution < 1.29 is 5.21 Å². The molecule has 0 heterocycles. The molecule has 3 rings (SSSR count). The summed E-state index contributed by atoms with van der Waals surface area (Å²) in [5.74, 6) is 0.434. The van der Waals surface area contributed by atoms with Gasteiger partial charge in [0.05, 0.1) is 5.71 Å². The molecule has 0 bridgehead atoms. The van der Waals surface area contributed by atoms with Crippen molar-refractivity contribution in [2.45, 2.75) is 50.0 Å². The molecule has 0 radical (unpaired) electrons. The summed E-state index contributed by atoms with van der Waals surface area (Å²) in [6.45, 7) is 2.26. The number of likely N-dealkylation sites (N-methyl/N-ethyl adjacent to an activating group) is 1. The van der Waals surface area contributed by atoms with E-state index in [-0.39, 0.29) is 5.41 Å². The first kappa shape index (κ1) is 14.9. The largest absolute Gasteiger partial charge is 0.411 e.